The molecule has 1 unspecified atom stereocenters. The molecule has 3 N–H and O–H groups in total. The first-order valence-corrected chi connectivity index (χ1v) is 8.36. The van der Waals surface area contributed by atoms with Gasteiger partial charge >= 0.3 is 0 Å². The quantitative estimate of drug-likeness (QED) is 0.776. The Morgan fingerprint density at radius 3 is 2.65 bits per heavy atom. The highest BCUT2D eigenvalue weighted by Gasteiger charge is 2.12. The van der Waals surface area contributed by atoms with Gasteiger partial charge in [-0.1, -0.05) is 46.3 Å². The highest BCUT2D eigenvalue weighted by atomic mass is 79.9. The third-order valence-corrected chi connectivity index (χ3v) is 4.13. The molecule has 0 fully saturated rings. The number of para-hydroxylation sites is 1. The van der Waals surface area contributed by atoms with Crippen LogP contribution in [-0.2, 0) is 6.61 Å². The molecule has 2 aromatic rings. The monoisotopic (exact) mass is 376 g/mol. The van der Waals surface area contributed by atoms with Crippen LogP contribution in [0.1, 0.15) is 29.3 Å². The molecule has 0 saturated carbocycles. The molecule has 0 aromatic heterocycles. The number of rotatable bonds is 7. The minimum atomic E-state index is -0.145. The van der Waals surface area contributed by atoms with Crippen molar-refractivity contribution in [1.82, 2.24) is 5.32 Å². The summed E-state index contributed by atoms with van der Waals surface area (Å²) < 4.78 is 6.82. The maximum absolute atomic E-state index is 12.3. The van der Waals surface area contributed by atoms with Crippen molar-refractivity contribution in [3.05, 3.63) is 64.1 Å². The van der Waals surface area contributed by atoms with E-state index in [1.54, 1.807) is 12.1 Å². The van der Waals surface area contributed by atoms with E-state index in [-0.39, 0.29) is 11.9 Å². The summed E-state index contributed by atoms with van der Waals surface area (Å²) in [6.45, 7) is 2.86. The van der Waals surface area contributed by atoms with Gasteiger partial charge in [-0.2, -0.15) is 0 Å². The lowest BCUT2D eigenvalue weighted by atomic mass is 10.1. The molecule has 23 heavy (non-hydrogen) atoms. The molecule has 122 valence electrons. The van der Waals surface area contributed by atoms with Crippen LogP contribution in [0, 0.1) is 0 Å². The minimum Gasteiger partial charge on any atom is -0.488 e. The molecule has 0 aliphatic heterocycles. The summed E-state index contributed by atoms with van der Waals surface area (Å²) in [5.74, 6) is 0.426. The van der Waals surface area contributed by atoms with Gasteiger partial charge in [-0.25, -0.2) is 0 Å². The van der Waals surface area contributed by atoms with Crippen molar-refractivity contribution in [2.45, 2.75) is 26.0 Å². The third kappa shape index (κ3) is 5.37. The van der Waals surface area contributed by atoms with Gasteiger partial charge < -0.3 is 15.8 Å². The number of hydrogen-bond donors (Lipinski definition) is 2. The highest BCUT2D eigenvalue weighted by Crippen LogP contribution is 2.22. The maximum Gasteiger partial charge on any atom is 0.255 e. The van der Waals surface area contributed by atoms with Crippen LogP contribution in [0.25, 0.3) is 0 Å². The lowest BCUT2D eigenvalue weighted by Crippen LogP contribution is -2.29. The molecule has 5 heteroatoms. The van der Waals surface area contributed by atoms with E-state index in [2.05, 4.69) is 21.2 Å². The molecule has 0 aliphatic rings. The van der Waals surface area contributed by atoms with Crippen molar-refractivity contribution in [1.29, 1.82) is 0 Å². The van der Waals surface area contributed by atoms with Gasteiger partial charge in [0.1, 0.15) is 12.4 Å². The van der Waals surface area contributed by atoms with Crippen LogP contribution in [0.5, 0.6) is 5.75 Å². The van der Waals surface area contributed by atoms with Crippen molar-refractivity contribution in [2.24, 2.45) is 5.73 Å². The van der Waals surface area contributed by atoms with Crippen molar-refractivity contribution >= 4 is 21.8 Å². The molecule has 2 rings (SSSR count). The van der Waals surface area contributed by atoms with Gasteiger partial charge in [-0.15, -0.1) is 0 Å². The molecular weight excluding hydrogens is 356 g/mol. The predicted octanol–water partition coefficient (Wildman–Crippen LogP) is 3.50. The summed E-state index contributed by atoms with van der Waals surface area (Å²) in [4.78, 5) is 12.3. The Morgan fingerprint density at radius 1 is 1.22 bits per heavy atom. The fourth-order valence-electron chi connectivity index (χ4n) is 2.06. The SMILES string of the molecule is CC(N)CCNC(=O)c1ccccc1OCc1ccccc1Br. The van der Waals surface area contributed by atoms with Crippen LogP contribution in [0.2, 0.25) is 0 Å². The number of amides is 1. The Bertz CT molecular complexity index is 659. The molecular formula is C18H21BrN2O2. The lowest BCUT2D eigenvalue weighted by Gasteiger charge is -2.13. The summed E-state index contributed by atoms with van der Waals surface area (Å²) in [5.41, 5.74) is 7.25. The van der Waals surface area contributed by atoms with E-state index >= 15 is 0 Å². The van der Waals surface area contributed by atoms with E-state index in [4.69, 9.17) is 10.5 Å². The minimum absolute atomic E-state index is 0.0669. The third-order valence-electron chi connectivity index (χ3n) is 3.36. The van der Waals surface area contributed by atoms with E-state index in [0.717, 1.165) is 16.5 Å². The number of halogens is 1. The van der Waals surface area contributed by atoms with E-state index in [9.17, 15) is 4.79 Å². The van der Waals surface area contributed by atoms with Gasteiger partial charge in [0.2, 0.25) is 0 Å². The topological polar surface area (TPSA) is 64.3 Å². The molecule has 0 spiro atoms. The zero-order valence-electron chi connectivity index (χ0n) is 13.1. The van der Waals surface area contributed by atoms with Crippen molar-refractivity contribution in [2.75, 3.05) is 6.54 Å². The fourth-order valence-corrected chi connectivity index (χ4v) is 2.46. The first-order chi connectivity index (χ1) is 11.1. The largest absolute Gasteiger partial charge is 0.488 e. The van der Waals surface area contributed by atoms with Crippen molar-refractivity contribution < 1.29 is 9.53 Å². The van der Waals surface area contributed by atoms with Crippen LogP contribution < -0.4 is 15.8 Å². The molecule has 0 saturated heterocycles. The van der Waals surface area contributed by atoms with Gasteiger partial charge in [-0.3, -0.25) is 4.79 Å². The Morgan fingerprint density at radius 2 is 1.91 bits per heavy atom. The number of nitrogens with one attached hydrogen (secondary N) is 1. The zero-order chi connectivity index (χ0) is 16.7. The van der Waals surface area contributed by atoms with Gasteiger partial charge in [0.15, 0.2) is 0 Å². The van der Waals surface area contributed by atoms with Crippen LogP contribution in [0.15, 0.2) is 53.0 Å². The summed E-state index contributed by atoms with van der Waals surface area (Å²) in [6, 6.07) is 15.2. The summed E-state index contributed by atoms with van der Waals surface area (Å²) >= 11 is 3.49. The van der Waals surface area contributed by atoms with Crippen molar-refractivity contribution in [3.63, 3.8) is 0 Å². The van der Waals surface area contributed by atoms with Crippen LogP contribution in [-0.4, -0.2) is 18.5 Å². The zero-order valence-corrected chi connectivity index (χ0v) is 14.7. The fraction of sp³-hybridized carbons (Fsp3) is 0.278. The second kappa shape index (κ2) is 8.70. The Kier molecular flexibility index (Phi) is 6.62. The first kappa shape index (κ1) is 17.5. The number of hydrogen-bond acceptors (Lipinski definition) is 3. The van der Waals surface area contributed by atoms with Gasteiger partial charge in [0.05, 0.1) is 5.56 Å². The summed E-state index contributed by atoms with van der Waals surface area (Å²) in [5, 5.41) is 2.87. The molecule has 1 atom stereocenters. The number of carbonyl (C=O) groups excluding carboxylic acids is 1. The van der Waals surface area contributed by atoms with E-state index in [0.29, 0.717) is 24.5 Å². The maximum atomic E-state index is 12.3. The first-order valence-electron chi connectivity index (χ1n) is 7.57. The summed E-state index contributed by atoms with van der Waals surface area (Å²) in [7, 11) is 0. The average Bonchev–Trinajstić information content (AvgIpc) is 2.54. The van der Waals surface area contributed by atoms with Crippen molar-refractivity contribution in [3.8, 4) is 5.75 Å². The Labute approximate surface area is 145 Å². The number of ether oxygens (including phenoxy) is 1. The predicted molar refractivity (Wildman–Crippen MR) is 95.5 cm³/mol. The van der Waals surface area contributed by atoms with E-state index in [1.165, 1.54) is 0 Å². The Hall–Kier alpha value is -1.85. The molecule has 2 aromatic carbocycles. The number of benzene rings is 2. The second-order valence-corrected chi connectivity index (χ2v) is 6.25. The van der Waals surface area contributed by atoms with Crippen LogP contribution in [0.4, 0.5) is 0 Å². The van der Waals surface area contributed by atoms with E-state index in [1.807, 2.05) is 43.3 Å². The molecule has 0 radical (unpaired) electrons. The van der Waals surface area contributed by atoms with Crippen LogP contribution in [0.3, 0.4) is 0 Å². The average molecular weight is 377 g/mol. The highest BCUT2D eigenvalue weighted by molar-refractivity contribution is 9.10. The number of carbonyl (C=O) groups is 1. The standard InChI is InChI=1S/C18H21BrN2O2/c1-13(20)10-11-21-18(22)15-7-3-5-9-17(15)23-12-14-6-2-4-8-16(14)19/h2-9,13H,10-12,20H2,1H3,(H,21,22). The van der Waals surface area contributed by atoms with Gasteiger partial charge in [-0.05, 0) is 31.5 Å². The number of nitrogens with two attached hydrogens (primary N) is 1. The van der Waals surface area contributed by atoms with E-state index < -0.39 is 0 Å². The second-order valence-electron chi connectivity index (χ2n) is 5.40. The molecule has 0 heterocycles. The smallest absolute Gasteiger partial charge is 0.255 e. The molecule has 0 aliphatic carbocycles. The molecule has 4 nitrogen and oxygen atoms in total. The summed E-state index contributed by atoms with van der Waals surface area (Å²) in [6.07, 6.45) is 0.742. The Balaban J connectivity index is 2.02. The normalized spacial score (nSPS) is 11.8. The van der Waals surface area contributed by atoms with Gasteiger partial charge in [0, 0.05) is 22.6 Å². The molecule has 1 amide bonds. The lowest BCUT2D eigenvalue weighted by molar-refractivity contribution is 0.0948. The van der Waals surface area contributed by atoms with Gasteiger partial charge in [0.25, 0.3) is 5.91 Å². The molecule has 0 bridgehead atoms. The van der Waals surface area contributed by atoms with Crippen LogP contribution >= 0.6 is 15.9 Å².